The lowest BCUT2D eigenvalue weighted by atomic mass is 10.2. The molecule has 2 amide bonds. The zero-order valence-electron chi connectivity index (χ0n) is 12.6. The lowest BCUT2D eigenvalue weighted by Gasteiger charge is -2.05. The molecule has 0 atom stereocenters. The van der Waals surface area contributed by atoms with Crippen molar-refractivity contribution in [2.24, 2.45) is 0 Å². The number of nitrogens with zero attached hydrogens (tertiary/aromatic N) is 1. The molecule has 3 aromatic rings. The summed E-state index contributed by atoms with van der Waals surface area (Å²) in [5.74, 6) is 0.611. The molecule has 24 heavy (non-hydrogen) atoms. The predicted octanol–water partition coefficient (Wildman–Crippen LogP) is 4.93. The molecule has 0 radical (unpaired) electrons. The normalized spacial score (nSPS) is 10.6. The molecule has 0 saturated heterocycles. The highest BCUT2D eigenvalue weighted by Crippen LogP contribution is 2.37. The molecule has 0 bridgehead atoms. The molecule has 0 aliphatic carbocycles. The van der Waals surface area contributed by atoms with Gasteiger partial charge in [-0.2, -0.15) is 0 Å². The molecule has 2 N–H and O–H groups in total. The predicted molar refractivity (Wildman–Crippen MR) is 98.5 cm³/mol. The highest BCUT2D eigenvalue weighted by molar-refractivity contribution is 7.23. The number of carbonyl (C=O) groups excluding carboxylic acids is 1. The van der Waals surface area contributed by atoms with Crippen LogP contribution in [0.15, 0.2) is 36.4 Å². The monoisotopic (exact) mass is 381 g/mol. The number of hydrogen-bond donors (Lipinski definition) is 2. The fourth-order valence-corrected chi connectivity index (χ4v) is 3.37. The first kappa shape index (κ1) is 16.8. The van der Waals surface area contributed by atoms with Gasteiger partial charge < -0.3 is 10.1 Å². The summed E-state index contributed by atoms with van der Waals surface area (Å²) in [6.45, 7) is 0.387. The number of urea groups is 1. The van der Waals surface area contributed by atoms with Crippen LogP contribution in [0.25, 0.3) is 10.2 Å². The summed E-state index contributed by atoms with van der Waals surface area (Å²) in [5, 5.41) is 7.14. The third-order valence-corrected chi connectivity index (χ3v) is 4.95. The minimum absolute atomic E-state index is 0.348. The SMILES string of the molecule is COc1ccc(Cl)c2sc(NC(=O)NCc3ccc(Cl)cc3)nc12. The molecular weight excluding hydrogens is 369 g/mol. The Bertz CT molecular complexity index is 881. The Morgan fingerprint density at radius 2 is 1.96 bits per heavy atom. The summed E-state index contributed by atoms with van der Waals surface area (Å²) in [7, 11) is 1.56. The van der Waals surface area contributed by atoms with E-state index in [2.05, 4.69) is 15.6 Å². The van der Waals surface area contributed by atoms with Gasteiger partial charge in [0.05, 0.1) is 16.8 Å². The zero-order valence-corrected chi connectivity index (χ0v) is 14.9. The number of anilines is 1. The number of ether oxygens (including phenoxy) is 1. The molecule has 0 unspecified atom stereocenters. The van der Waals surface area contributed by atoms with Crippen molar-refractivity contribution in [2.45, 2.75) is 6.54 Å². The van der Waals surface area contributed by atoms with Crippen molar-refractivity contribution >= 4 is 55.9 Å². The number of methoxy groups -OCH3 is 1. The summed E-state index contributed by atoms with van der Waals surface area (Å²) in [6, 6.07) is 10.4. The molecular formula is C16H13Cl2N3O2S. The van der Waals surface area contributed by atoms with Gasteiger partial charge in [-0.3, -0.25) is 5.32 Å². The minimum Gasteiger partial charge on any atom is -0.494 e. The number of halogens is 2. The van der Waals surface area contributed by atoms with Crippen LogP contribution >= 0.6 is 34.5 Å². The first-order valence-corrected chi connectivity index (χ1v) is 8.56. The van der Waals surface area contributed by atoms with Gasteiger partial charge in [0.15, 0.2) is 5.13 Å². The van der Waals surface area contributed by atoms with Gasteiger partial charge in [0.25, 0.3) is 0 Å². The third kappa shape index (κ3) is 3.72. The second-order valence-electron chi connectivity index (χ2n) is 4.88. The smallest absolute Gasteiger partial charge is 0.321 e. The van der Waals surface area contributed by atoms with E-state index in [0.717, 1.165) is 10.3 Å². The van der Waals surface area contributed by atoms with Crippen LogP contribution in [0.2, 0.25) is 10.0 Å². The Kier molecular flexibility index (Phi) is 5.08. The summed E-state index contributed by atoms with van der Waals surface area (Å²) in [5.41, 5.74) is 1.58. The van der Waals surface area contributed by atoms with Crippen molar-refractivity contribution < 1.29 is 9.53 Å². The van der Waals surface area contributed by atoms with Crippen molar-refractivity contribution in [3.8, 4) is 5.75 Å². The Morgan fingerprint density at radius 3 is 2.67 bits per heavy atom. The number of amides is 2. The maximum absolute atomic E-state index is 12.0. The van der Waals surface area contributed by atoms with Crippen LogP contribution in [-0.2, 0) is 6.54 Å². The van der Waals surface area contributed by atoms with Crippen molar-refractivity contribution in [1.29, 1.82) is 0 Å². The van der Waals surface area contributed by atoms with E-state index in [9.17, 15) is 4.79 Å². The topological polar surface area (TPSA) is 63.2 Å². The van der Waals surface area contributed by atoms with Gasteiger partial charge >= 0.3 is 6.03 Å². The molecule has 0 saturated carbocycles. The Hall–Kier alpha value is -2.02. The van der Waals surface area contributed by atoms with E-state index in [1.54, 1.807) is 31.4 Å². The number of hydrogen-bond acceptors (Lipinski definition) is 4. The summed E-state index contributed by atoms with van der Waals surface area (Å²) >= 11 is 13.3. The van der Waals surface area contributed by atoms with Crippen LogP contribution < -0.4 is 15.4 Å². The molecule has 8 heteroatoms. The van der Waals surface area contributed by atoms with Crippen molar-refractivity contribution in [1.82, 2.24) is 10.3 Å². The highest BCUT2D eigenvalue weighted by Gasteiger charge is 2.13. The molecule has 0 spiro atoms. The molecule has 1 heterocycles. The van der Waals surface area contributed by atoms with Gasteiger partial charge in [-0.15, -0.1) is 0 Å². The summed E-state index contributed by atoms with van der Waals surface area (Å²) in [4.78, 5) is 16.4. The van der Waals surface area contributed by atoms with E-state index in [-0.39, 0.29) is 6.03 Å². The fourth-order valence-electron chi connectivity index (χ4n) is 2.10. The zero-order chi connectivity index (χ0) is 17.1. The fraction of sp³-hybridized carbons (Fsp3) is 0.125. The van der Waals surface area contributed by atoms with Gasteiger partial charge in [-0.1, -0.05) is 46.7 Å². The van der Waals surface area contributed by atoms with E-state index < -0.39 is 0 Å². The van der Waals surface area contributed by atoms with Crippen LogP contribution in [0.5, 0.6) is 5.75 Å². The number of carbonyl (C=O) groups is 1. The van der Waals surface area contributed by atoms with E-state index in [4.69, 9.17) is 27.9 Å². The first-order chi connectivity index (χ1) is 11.6. The molecule has 0 aliphatic heterocycles. The average molecular weight is 382 g/mol. The summed E-state index contributed by atoms with van der Waals surface area (Å²) in [6.07, 6.45) is 0. The first-order valence-electron chi connectivity index (χ1n) is 6.99. The second kappa shape index (κ2) is 7.25. The van der Waals surface area contributed by atoms with E-state index >= 15 is 0 Å². The lowest BCUT2D eigenvalue weighted by Crippen LogP contribution is -2.28. The molecule has 2 aromatic carbocycles. The second-order valence-corrected chi connectivity index (χ2v) is 6.72. The van der Waals surface area contributed by atoms with E-state index in [1.165, 1.54) is 11.3 Å². The largest absolute Gasteiger partial charge is 0.494 e. The number of nitrogens with one attached hydrogen (secondary N) is 2. The Balaban J connectivity index is 1.69. The van der Waals surface area contributed by atoms with Crippen LogP contribution in [0.1, 0.15) is 5.56 Å². The van der Waals surface area contributed by atoms with Crippen LogP contribution in [0.4, 0.5) is 9.93 Å². The maximum atomic E-state index is 12.0. The molecule has 124 valence electrons. The van der Waals surface area contributed by atoms with Gasteiger partial charge in [-0.05, 0) is 29.8 Å². The van der Waals surface area contributed by atoms with Crippen molar-refractivity contribution in [3.63, 3.8) is 0 Å². The van der Waals surface area contributed by atoms with Crippen molar-refractivity contribution in [2.75, 3.05) is 12.4 Å². The van der Waals surface area contributed by atoms with Gasteiger partial charge in [0, 0.05) is 11.6 Å². The number of rotatable bonds is 4. The van der Waals surface area contributed by atoms with Crippen LogP contribution in [-0.4, -0.2) is 18.1 Å². The third-order valence-electron chi connectivity index (χ3n) is 3.27. The van der Waals surface area contributed by atoms with Crippen molar-refractivity contribution in [3.05, 3.63) is 52.0 Å². The average Bonchev–Trinajstić information content (AvgIpc) is 2.99. The lowest BCUT2D eigenvalue weighted by molar-refractivity contribution is 0.251. The highest BCUT2D eigenvalue weighted by atomic mass is 35.5. The summed E-state index contributed by atoms with van der Waals surface area (Å²) < 4.78 is 6.03. The van der Waals surface area contributed by atoms with Crippen LogP contribution in [0, 0.1) is 0 Å². The maximum Gasteiger partial charge on any atom is 0.321 e. The molecule has 0 aliphatic rings. The van der Waals surface area contributed by atoms with E-state index in [1.807, 2.05) is 12.1 Å². The number of benzene rings is 2. The minimum atomic E-state index is -0.348. The molecule has 3 rings (SSSR count). The molecule has 5 nitrogen and oxygen atoms in total. The Labute approximate surface area is 152 Å². The molecule has 0 fully saturated rings. The number of fused-ring (bicyclic) bond motifs is 1. The number of thiazole rings is 1. The van der Waals surface area contributed by atoms with Gasteiger partial charge in [-0.25, -0.2) is 9.78 Å². The molecule has 1 aromatic heterocycles. The van der Waals surface area contributed by atoms with E-state index in [0.29, 0.717) is 33.0 Å². The van der Waals surface area contributed by atoms with Gasteiger partial charge in [0.1, 0.15) is 11.3 Å². The quantitative estimate of drug-likeness (QED) is 0.672. The number of aromatic nitrogens is 1. The Morgan fingerprint density at radius 1 is 1.21 bits per heavy atom. The van der Waals surface area contributed by atoms with Gasteiger partial charge in [0.2, 0.25) is 0 Å². The standard InChI is InChI=1S/C16H13Cl2N3O2S/c1-23-12-7-6-11(18)14-13(12)20-16(24-14)21-15(22)19-8-9-2-4-10(17)5-3-9/h2-7H,8H2,1H3,(H2,19,20,21,22). The van der Waals surface area contributed by atoms with Crippen LogP contribution in [0.3, 0.4) is 0 Å².